The minimum atomic E-state index is -0.596. The molecule has 0 heterocycles. The number of esters is 2. The maximum Gasteiger partial charge on any atom is 0.317 e. The van der Waals surface area contributed by atoms with E-state index in [4.69, 9.17) is 14.2 Å². The van der Waals surface area contributed by atoms with Crippen molar-refractivity contribution >= 4 is 11.9 Å². The molecule has 0 unspecified atom stereocenters. The van der Waals surface area contributed by atoms with Crippen LogP contribution in [0.4, 0.5) is 0 Å². The molecule has 5 nitrogen and oxygen atoms in total. The Bertz CT molecular complexity index is 422. The lowest BCUT2D eigenvalue weighted by molar-refractivity contribution is -0.157. The van der Waals surface area contributed by atoms with E-state index in [1.807, 2.05) is 0 Å². The van der Waals surface area contributed by atoms with Crippen molar-refractivity contribution in [3.05, 3.63) is 29.8 Å². The second-order valence-electron chi connectivity index (χ2n) is 4.22. The lowest BCUT2D eigenvalue weighted by Crippen LogP contribution is -2.17. The maximum atomic E-state index is 11.4. The van der Waals surface area contributed by atoms with Crippen LogP contribution in [-0.4, -0.2) is 25.2 Å². The SMILES string of the molecule is COc1ccc(COC(=O)CC(=O)OC(C)C)cc1. The summed E-state index contributed by atoms with van der Waals surface area (Å²) in [5, 5.41) is 0. The van der Waals surface area contributed by atoms with Gasteiger partial charge < -0.3 is 14.2 Å². The second-order valence-corrected chi connectivity index (χ2v) is 4.22. The van der Waals surface area contributed by atoms with Gasteiger partial charge in [0.05, 0.1) is 13.2 Å². The Hall–Kier alpha value is -2.04. The van der Waals surface area contributed by atoms with Crippen LogP contribution in [0.1, 0.15) is 25.8 Å². The Morgan fingerprint density at radius 1 is 1.11 bits per heavy atom. The minimum absolute atomic E-state index is 0.123. The quantitative estimate of drug-likeness (QED) is 0.582. The van der Waals surface area contributed by atoms with Crippen molar-refractivity contribution in [2.75, 3.05) is 7.11 Å². The van der Waals surface area contributed by atoms with Crippen molar-refractivity contribution in [2.45, 2.75) is 33.0 Å². The first kappa shape index (κ1) is 15.0. The van der Waals surface area contributed by atoms with Gasteiger partial charge in [0.15, 0.2) is 0 Å². The number of rotatable bonds is 6. The van der Waals surface area contributed by atoms with Gasteiger partial charge in [-0.15, -0.1) is 0 Å². The summed E-state index contributed by atoms with van der Waals surface area (Å²) in [6.45, 7) is 3.57. The summed E-state index contributed by atoms with van der Waals surface area (Å²) >= 11 is 0. The molecule has 0 bridgehead atoms. The van der Waals surface area contributed by atoms with Crippen molar-refractivity contribution in [3.8, 4) is 5.75 Å². The predicted octanol–water partition coefficient (Wildman–Crippen LogP) is 2.08. The van der Waals surface area contributed by atoms with Gasteiger partial charge in [-0.1, -0.05) is 12.1 Å². The zero-order valence-electron chi connectivity index (χ0n) is 11.3. The third-order valence-corrected chi connectivity index (χ3v) is 2.21. The van der Waals surface area contributed by atoms with Crippen molar-refractivity contribution in [1.29, 1.82) is 0 Å². The van der Waals surface area contributed by atoms with Crippen molar-refractivity contribution in [3.63, 3.8) is 0 Å². The van der Waals surface area contributed by atoms with Crippen LogP contribution < -0.4 is 4.74 Å². The van der Waals surface area contributed by atoms with E-state index >= 15 is 0 Å². The third-order valence-electron chi connectivity index (χ3n) is 2.21. The largest absolute Gasteiger partial charge is 0.497 e. The number of hydrogen-bond donors (Lipinski definition) is 0. The van der Waals surface area contributed by atoms with E-state index in [1.54, 1.807) is 45.2 Å². The van der Waals surface area contributed by atoms with E-state index in [0.717, 1.165) is 11.3 Å². The molecule has 0 spiro atoms. The van der Waals surface area contributed by atoms with E-state index in [0.29, 0.717) is 0 Å². The number of methoxy groups -OCH3 is 1. The molecule has 0 aliphatic carbocycles. The highest BCUT2D eigenvalue weighted by atomic mass is 16.6. The molecular formula is C14H18O5. The summed E-state index contributed by atoms with van der Waals surface area (Å²) in [4.78, 5) is 22.6. The van der Waals surface area contributed by atoms with Crippen LogP contribution in [0.2, 0.25) is 0 Å². The van der Waals surface area contributed by atoms with Crippen LogP contribution in [-0.2, 0) is 25.7 Å². The fourth-order valence-corrected chi connectivity index (χ4v) is 1.36. The summed E-state index contributed by atoms with van der Waals surface area (Å²) in [7, 11) is 1.58. The Balaban J connectivity index is 2.35. The van der Waals surface area contributed by atoms with Crippen LogP contribution in [0.15, 0.2) is 24.3 Å². The molecule has 0 saturated carbocycles. The Morgan fingerprint density at radius 2 is 1.74 bits per heavy atom. The molecule has 1 aromatic rings. The maximum absolute atomic E-state index is 11.4. The Morgan fingerprint density at radius 3 is 2.26 bits per heavy atom. The van der Waals surface area contributed by atoms with Crippen LogP contribution in [0.5, 0.6) is 5.75 Å². The van der Waals surface area contributed by atoms with Gasteiger partial charge in [0.2, 0.25) is 0 Å². The summed E-state index contributed by atoms with van der Waals surface area (Å²) in [6.07, 6.45) is -0.601. The Labute approximate surface area is 112 Å². The van der Waals surface area contributed by atoms with Gasteiger partial charge in [0, 0.05) is 0 Å². The summed E-state index contributed by atoms with van der Waals surface area (Å²) < 4.78 is 14.8. The summed E-state index contributed by atoms with van der Waals surface area (Å²) in [6, 6.07) is 7.13. The fraction of sp³-hybridized carbons (Fsp3) is 0.429. The van der Waals surface area contributed by atoms with Gasteiger partial charge >= 0.3 is 11.9 Å². The van der Waals surface area contributed by atoms with E-state index < -0.39 is 11.9 Å². The smallest absolute Gasteiger partial charge is 0.317 e. The zero-order valence-corrected chi connectivity index (χ0v) is 11.3. The number of carbonyl (C=O) groups is 2. The van der Waals surface area contributed by atoms with Gasteiger partial charge in [-0.3, -0.25) is 9.59 Å². The first-order valence-corrected chi connectivity index (χ1v) is 5.99. The van der Waals surface area contributed by atoms with Gasteiger partial charge in [-0.05, 0) is 31.5 Å². The molecule has 0 saturated heterocycles. The van der Waals surface area contributed by atoms with Gasteiger partial charge in [0.25, 0.3) is 0 Å². The van der Waals surface area contributed by atoms with Crippen molar-refractivity contribution < 1.29 is 23.8 Å². The molecule has 5 heteroatoms. The number of ether oxygens (including phenoxy) is 3. The first-order valence-electron chi connectivity index (χ1n) is 5.99. The lowest BCUT2D eigenvalue weighted by atomic mass is 10.2. The van der Waals surface area contributed by atoms with Gasteiger partial charge in [-0.2, -0.15) is 0 Å². The van der Waals surface area contributed by atoms with Crippen LogP contribution in [0.3, 0.4) is 0 Å². The van der Waals surface area contributed by atoms with E-state index in [1.165, 1.54) is 0 Å². The molecule has 1 rings (SSSR count). The molecule has 0 atom stereocenters. The molecular weight excluding hydrogens is 248 g/mol. The molecule has 0 amide bonds. The third kappa shape index (κ3) is 5.90. The predicted molar refractivity (Wildman–Crippen MR) is 68.6 cm³/mol. The molecule has 0 aliphatic heterocycles. The summed E-state index contributed by atoms with van der Waals surface area (Å²) in [5.74, 6) is -0.438. The molecule has 0 aliphatic rings. The van der Waals surface area contributed by atoms with E-state index in [2.05, 4.69) is 0 Å². The van der Waals surface area contributed by atoms with E-state index in [-0.39, 0.29) is 19.1 Å². The first-order chi connectivity index (χ1) is 9.01. The Kier molecular flexibility index (Phi) is 5.85. The molecule has 1 aromatic carbocycles. The van der Waals surface area contributed by atoms with E-state index in [9.17, 15) is 9.59 Å². The molecule has 19 heavy (non-hydrogen) atoms. The standard InChI is InChI=1S/C14H18O5/c1-10(2)19-14(16)8-13(15)18-9-11-4-6-12(17-3)7-5-11/h4-7,10H,8-9H2,1-3H3. The van der Waals surface area contributed by atoms with Crippen molar-refractivity contribution in [2.24, 2.45) is 0 Å². The van der Waals surface area contributed by atoms with Crippen molar-refractivity contribution in [1.82, 2.24) is 0 Å². The monoisotopic (exact) mass is 266 g/mol. The van der Waals surface area contributed by atoms with Crippen LogP contribution in [0, 0.1) is 0 Å². The number of carbonyl (C=O) groups excluding carboxylic acids is 2. The highest BCUT2D eigenvalue weighted by Gasteiger charge is 2.13. The minimum Gasteiger partial charge on any atom is -0.497 e. The molecule has 0 fully saturated rings. The lowest BCUT2D eigenvalue weighted by Gasteiger charge is -2.08. The second kappa shape index (κ2) is 7.41. The van der Waals surface area contributed by atoms with Crippen LogP contribution >= 0.6 is 0 Å². The number of benzene rings is 1. The average molecular weight is 266 g/mol. The molecule has 0 N–H and O–H groups in total. The average Bonchev–Trinajstić information content (AvgIpc) is 2.36. The molecule has 0 radical (unpaired) electrons. The highest BCUT2D eigenvalue weighted by molar-refractivity contribution is 5.91. The molecule has 104 valence electrons. The van der Waals surface area contributed by atoms with Gasteiger partial charge in [-0.25, -0.2) is 0 Å². The summed E-state index contributed by atoms with van der Waals surface area (Å²) in [5.41, 5.74) is 0.825. The van der Waals surface area contributed by atoms with Gasteiger partial charge in [0.1, 0.15) is 18.8 Å². The highest BCUT2D eigenvalue weighted by Crippen LogP contribution is 2.12. The topological polar surface area (TPSA) is 61.8 Å². The fourth-order valence-electron chi connectivity index (χ4n) is 1.36. The molecule has 0 aromatic heterocycles. The normalized spacial score (nSPS) is 10.1. The number of hydrogen-bond acceptors (Lipinski definition) is 5. The zero-order chi connectivity index (χ0) is 14.3. The van der Waals surface area contributed by atoms with Crippen LogP contribution in [0.25, 0.3) is 0 Å².